The first-order valence-electron chi connectivity index (χ1n) is 10.3. The van der Waals surface area contributed by atoms with Gasteiger partial charge in [-0.05, 0) is 80.5 Å². The Balaban J connectivity index is 0.00000289. The van der Waals surface area contributed by atoms with E-state index in [1.807, 2.05) is 55.4 Å². The van der Waals surface area contributed by atoms with Crippen LogP contribution < -0.4 is 16.0 Å². The molecule has 1 aliphatic rings. The van der Waals surface area contributed by atoms with E-state index >= 15 is 0 Å². The molecule has 32 heavy (non-hydrogen) atoms. The van der Waals surface area contributed by atoms with Gasteiger partial charge in [0, 0.05) is 16.9 Å². The van der Waals surface area contributed by atoms with Crippen LogP contribution in [-0.4, -0.2) is 37.4 Å². The van der Waals surface area contributed by atoms with E-state index in [1.165, 1.54) is 0 Å². The van der Waals surface area contributed by atoms with E-state index in [9.17, 15) is 9.59 Å². The van der Waals surface area contributed by atoms with Crippen LogP contribution >= 0.6 is 12.4 Å². The molecule has 1 heterocycles. The second-order valence-corrected chi connectivity index (χ2v) is 8.02. The number of carbonyl (C=O) groups excluding carboxylic acids is 2. The Kier molecular flexibility index (Phi) is 7.18. The van der Waals surface area contributed by atoms with Crippen molar-refractivity contribution in [2.24, 2.45) is 0 Å². The normalized spacial score (nSPS) is 12.3. The minimum atomic E-state index is -0.222. The Morgan fingerprint density at radius 3 is 2.28 bits per heavy atom. The van der Waals surface area contributed by atoms with Gasteiger partial charge in [0.25, 0.3) is 5.91 Å². The minimum absolute atomic E-state index is 0. The third-order valence-corrected chi connectivity index (χ3v) is 5.35. The van der Waals surface area contributed by atoms with E-state index in [4.69, 9.17) is 5.73 Å². The number of hydrogen-bond acceptors (Lipinski definition) is 4. The number of carbonyl (C=O) groups is 2. The Morgan fingerprint density at radius 2 is 1.59 bits per heavy atom. The Morgan fingerprint density at radius 1 is 0.938 bits per heavy atom. The van der Waals surface area contributed by atoms with Crippen molar-refractivity contribution >= 4 is 47.0 Å². The maximum Gasteiger partial charge on any atom is 0.255 e. The van der Waals surface area contributed by atoms with Crippen molar-refractivity contribution < 1.29 is 9.59 Å². The molecule has 4 rings (SSSR count). The van der Waals surface area contributed by atoms with Crippen LogP contribution in [0, 0.1) is 0 Å². The van der Waals surface area contributed by atoms with Crippen molar-refractivity contribution in [1.82, 2.24) is 4.90 Å². The molecule has 6 nitrogen and oxygen atoms in total. The molecule has 0 aromatic heterocycles. The van der Waals surface area contributed by atoms with E-state index in [2.05, 4.69) is 11.4 Å². The number of hydrogen-bond donors (Lipinski definition) is 2. The van der Waals surface area contributed by atoms with E-state index in [0.717, 1.165) is 35.3 Å². The Bertz CT molecular complexity index is 1130. The third-order valence-electron chi connectivity index (χ3n) is 5.35. The molecule has 0 bridgehead atoms. The van der Waals surface area contributed by atoms with Crippen LogP contribution in [0.3, 0.4) is 0 Å². The van der Waals surface area contributed by atoms with Crippen molar-refractivity contribution in [3.05, 3.63) is 83.4 Å². The van der Waals surface area contributed by atoms with Crippen LogP contribution in [0.5, 0.6) is 0 Å². The number of likely N-dealkylation sites (N-methyl/N-ethyl adjacent to an activating group) is 1. The van der Waals surface area contributed by atoms with Crippen molar-refractivity contribution in [2.45, 2.75) is 12.8 Å². The molecule has 0 unspecified atom stereocenters. The molecule has 166 valence electrons. The molecule has 3 aromatic rings. The van der Waals surface area contributed by atoms with Gasteiger partial charge >= 0.3 is 0 Å². The summed E-state index contributed by atoms with van der Waals surface area (Å²) in [4.78, 5) is 29.6. The number of rotatable bonds is 4. The maximum atomic E-state index is 13.3. The average molecular weight is 451 g/mol. The van der Waals surface area contributed by atoms with Gasteiger partial charge in [-0.25, -0.2) is 0 Å². The number of nitrogens with two attached hydrogens (primary N) is 1. The van der Waals surface area contributed by atoms with Crippen LogP contribution in [0.15, 0.2) is 66.7 Å². The van der Waals surface area contributed by atoms with Crippen molar-refractivity contribution in [2.75, 3.05) is 36.6 Å². The predicted octanol–water partition coefficient (Wildman–Crippen LogP) is 4.27. The molecule has 7 heteroatoms. The minimum Gasteiger partial charge on any atom is -0.399 e. The van der Waals surface area contributed by atoms with Gasteiger partial charge < -0.3 is 16.0 Å². The SMILES string of the molecule is CN(C)CC(=O)N1c2ccccc2CCc2ccc(NC(=O)c3ccc(N)cc3)cc21.Cl. The quantitative estimate of drug-likeness (QED) is 0.582. The van der Waals surface area contributed by atoms with Gasteiger partial charge in [0.2, 0.25) is 5.91 Å². The molecule has 2 amide bonds. The molecular weight excluding hydrogens is 424 g/mol. The summed E-state index contributed by atoms with van der Waals surface area (Å²) in [5.41, 5.74) is 11.4. The standard InChI is InChI=1S/C25H26N4O2.ClH/c1-28(2)16-24(30)29-22-6-4-3-5-17(22)7-8-18-11-14-21(15-23(18)29)27-25(31)19-9-12-20(26)13-10-19;/h3-6,9-15H,7-8,16,26H2,1-2H3,(H,27,31);1H. The molecule has 3 aromatic carbocycles. The monoisotopic (exact) mass is 450 g/mol. The Labute approximate surface area is 194 Å². The molecule has 0 spiro atoms. The first-order valence-corrected chi connectivity index (χ1v) is 10.3. The number of nitrogens with one attached hydrogen (secondary N) is 1. The lowest BCUT2D eigenvalue weighted by molar-refractivity contribution is -0.118. The van der Waals surface area contributed by atoms with Gasteiger partial charge in [-0.1, -0.05) is 24.3 Å². The lowest BCUT2D eigenvalue weighted by Gasteiger charge is -2.27. The zero-order chi connectivity index (χ0) is 22.0. The highest BCUT2D eigenvalue weighted by atomic mass is 35.5. The fourth-order valence-electron chi connectivity index (χ4n) is 3.85. The van der Waals surface area contributed by atoms with Crippen molar-refractivity contribution in [3.63, 3.8) is 0 Å². The molecule has 0 radical (unpaired) electrons. The van der Waals surface area contributed by atoms with Crippen LogP contribution in [0.1, 0.15) is 21.5 Å². The van der Waals surface area contributed by atoms with Crippen molar-refractivity contribution in [3.8, 4) is 0 Å². The summed E-state index contributed by atoms with van der Waals surface area (Å²) in [6.07, 6.45) is 1.68. The fraction of sp³-hybridized carbons (Fsp3) is 0.200. The topological polar surface area (TPSA) is 78.7 Å². The zero-order valence-electron chi connectivity index (χ0n) is 18.2. The molecule has 0 saturated carbocycles. The first kappa shape index (κ1) is 23.3. The number of amides is 2. The summed E-state index contributed by atoms with van der Waals surface area (Å²) in [6.45, 7) is 0.287. The first-order chi connectivity index (χ1) is 14.9. The molecule has 0 saturated heterocycles. The second-order valence-electron chi connectivity index (χ2n) is 8.02. The number of nitrogens with zero attached hydrogens (tertiary/aromatic N) is 2. The van der Waals surface area contributed by atoms with Gasteiger partial charge in [-0.2, -0.15) is 0 Å². The number of fused-ring (bicyclic) bond motifs is 2. The highest BCUT2D eigenvalue weighted by molar-refractivity contribution is 6.06. The highest BCUT2D eigenvalue weighted by Gasteiger charge is 2.26. The molecule has 0 fully saturated rings. The van der Waals surface area contributed by atoms with Gasteiger partial charge in [0.15, 0.2) is 0 Å². The summed E-state index contributed by atoms with van der Waals surface area (Å²) < 4.78 is 0. The van der Waals surface area contributed by atoms with E-state index in [1.54, 1.807) is 29.2 Å². The smallest absolute Gasteiger partial charge is 0.255 e. The number of aryl methyl sites for hydroxylation is 2. The van der Waals surface area contributed by atoms with Crippen molar-refractivity contribution in [1.29, 1.82) is 0 Å². The van der Waals surface area contributed by atoms with Crippen LogP contribution in [0.4, 0.5) is 22.7 Å². The van der Waals surface area contributed by atoms with Gasteiger partial charge in [-0.15, -0.1) is 12.4 Å². The number of halogens is 1. The van der Waals surface area contributed by atoms with E-state index in [0.29, 0.717) is 16.9 Å². The zero-order valence-corrected chi connectivity index (χ0v) is 19.0. The number of para-hydroxylation sites is 1. The maximum absolute atomic E-state index is 13.3. The van der Waals surface area contributed by atoms with Gasteiger partial charge in [0.05, 0.1) is 17.9 Å². The molecule has 0 atom stereocenters. The fourth-order valence-corrected chi connectivity index (χ4v) is 3.85. The number of nitrogen functional groups attached to an aromatic ring is 1. The summed E-state index contributed by atoms with van der Waals surface area (Å²) in [7, 11) is 3.76. The van der Waals surface area contributed by atoms with Gasteiger partial charge in [0.1, 0.15) is 0 Å². The average Bonchev–Trinajstić information content (AvgIpc) is 2.90. The van der Waals surface area contributed by atoms with Crippen LogP contribution in [0.25, 0.3) is 0 Å². The third kappa shape index (κ3) is 4.93. The number of benzene rings is 3. The van der Waals surface area contributed by atoms with Crippen LogP contribution in [-0.2, 0) is 17.6 Å². The largest absolute Gasteiger partial charge is 0.399 e. The molecule has 3 N–H and O–H groups in total. The van der Waals surface area contributed by atoms with Gasteiger partial charge in [-0.3, -0.25) is 14.5 Å². The lowest BCUT2D eigenvalue weighted by atomic mass is 10.0. The summed E-state index contributed by atoms with van der Waals surface area (Å²) in [6, 6.07) is 20.6. The number of anilines is 4. The van der Waals surface area contributed by atoms with E-state index in [-0.39, 0.29) is 30.8 Å². The molecule has 1 aliphatic heterocycles. The molecule has 0 aliphatic carbocycles. The Hall–Kier alpha value is -3.35. The highest BCUT2D eigenvalue weighted by Crippen LogP contribution is 2.37. The summed E-state index contributed by atoms with van der Waals surface area (Å²) >= 11 is 0. The summed E-state index contributed by atoms with van der Waals surface area (Å²) in [5, 5.41) is 2.94. The van der Waals surface area contributed by atoms with Crippen LogP contribution in [0.2, 0.25) is 0 Å². The van der Waals surface area contributed by atoms with E-state index < -0.39 is 0 Å². The summed E-state index contributed by atoms with van der Waals surface area (Å²) in [5.74, 6) is -0.234. The second kappa shape index (κ2) is 9.85. The lowest BCUT2D eigenvalue weighted by Crippen LogP contribution is -2.35. The molecular formula is C25H27ClN4O2. The predicted molar refractivity (Wildman–Crippen MR) is 132 cm³/mol.